The van der Waals surface area contributed by atoms with Crippen LogP contribution in [0.2, 0.25) is 0 Å². The second-order valence-electron chi connectivity index (χ2n) is 3.92. The molecule has 0 bridgehead atoms. The number of ketones is 1. The zero-order valence-electron chi connectivity index (χ0n) is 9.53. The van der Waals surface area contributed by atoms with E-state index in [1.165, 1.54) is 0 Å². The zero-order valence-corrected chi connectivity index (χ0v) is 9.53. The lowest BCUT2D eigenvalue weighted by atomic mass is 10.1. The van der Waals surface area contributed by atoms with Gasteiger partial charge in [-0.1, -0.05) is 30.3 Å². The predicted octanol–water partition coefficient (Wildman–Crippen LogP) is 3.13. The van der Waals surface area contributed by atoms with Crippen LogP contribution in [0, 0.1) is 0 Å². The lowest BCUT2D eigenvalue weighted by molar-refractivity contribution is 0.100. The molecule has 1 aromatic carbocycles. The van der Waals surface area contributed by atoms with Gasteiger partial charge in [-0.2, -0.15) is 0 Å². The molecule has 0 radical (unpaired) electrons. The molecule has 0 unspecified atom stereocenters. The van der Waals surface area contributed by atoms with Crippen molar-refractivity contribution in [1.82, 2.24) is 0 Å². The maximum Gasteiger partial charge on any atom is 0.168 e. The van der Waals surface area contributed by atoms with Gasteiger partial charge in [0, 0.05) is 23.7 Å². The van der Waals surface area contributed by atoms with E-state index in [1.54, 1.807) is 0 Å². The van der Waals surface area contributed by atoms with Crippen LogP contribution >= 0.6 is 0 Å². The molecule has 1 rings (SSSR count). The third-order valence-electron chi connectivity index (χ3n) is 1.99. The highest BCUT2D eigenvalue weighted by Crippen LogP contribution is 2.04. The highest BCUT2D eigenvalue weighted by Gasteiger charge is 2.06. The summed E-state index contributed by atoms with van der Waals surface area (Å²) in [5, 5.41) is 0. The number of nitrogens with zero attached hydrogens (tertiary/aromatic N) is 1. The molecule has 1 aromatic rings. The van der Waals surface area contributed by atoms with Gasteiger partial charge in [0.1, 0.15) is 0 Å². The molecule has 0 saturated heterocycles. The van der Waals surface area contributed by atoms with E-state index in [-0.39, 0.29) is 11.8 Å². The van der Waals surface area contributed by atoms with E-state index in [1.807, 2.05) is 51.1 Å². The molecule has 0 fully saturated rings. The molecule has 2 heteroatoms. The number of carbonyl (C=O) groups excluding carboxylic acids is 1. The van der Waals surface area contributed by atoms with E-state index in [9.17, 15) is 4.79 Å². The summed E-state index contributed by atoms with van der Waals surface area (Å²) in [5.41, 5.74) is 1.66. The number of aliphatic imine (C=N–C) groups is 1. The Labute approximate surface area is 91.0 Å². The number of carbonyl (C=O) groups is 1. The molecule has 0 atom stereocenters. The predicted molar refractivity (Wildman–Crippen MR) is 63.6 cm³/mol. The molecular weight excluding hydrogens is 186 g/mol. The second kappa shape index (κ2) is 5.44. The minimum atomic E-state index is 0.137. The molecule has 80 valence electrons. The highest BCUT2D eigenvalue weighted by molar-refractivity contribution is 6.08. The Kier molecular flexibility index (Phi) is 4.22. The van der Waals surface area contributed by atoms with Crippen molar-refractivity contribution in [2.24, 2.45) is 4.99 Å². The summed E-state index contributed by atoms with van der Waals surface area (Å²) >= 11 is 0. The van der Waals surface area contributed by atoms with Gasteiger partial charge in [-0.3, -0.25) is 9.79 Å². The van der Waals surface area contributed by atoms with E-state index in [2.05, 4.69) is 4.99 Å². The molecule has 0 aliphatic carbocycles. The van der Waals surface area contributed by atoms with Crippen LogP contribution in [0.25, 0.3) is 0 Å². The van der Waals surface area contributed by atoms with Crippen LogP contribution in [0.3, 0.4) is 0 Å². The summed E-state index contributed by atoms with van der Waals surface area (Å²) < 4.78 is 0. The Hall–Kier alpha value is -1.44. The first-order valence-electron chi connectivity index (χ1n) is 5.21. The largest absolute Gasteiger partial charge is 0.294 e. The molecule has 0 amide bonds. The highest BCUT2D eigenvalue weighted by atomic mass is 16.1. The fourth-order valence-electron chi connectivity index (χ4n) is 1.44. The lowest BCUT2D eigenvalue weighted by Crippen LogP contribution is -2.07. The summed E-state index contributed by atoms with van der Waals surface area (Å²) in [6.45, 7) is 5.92. The van der Waals surface area contributed by atoms with Crippen molar-refractivity contribution in [2.75, 3.05) is 0 Å². The number of rotatable bonds is 4. The number of Topliss-reactive ketones (excluding diaryl/α,β-unsaturated/α-hetero) is 1. The average Bonchev–Trinajstić information content (AvgIpc) is 2.17. The van der Waals surface area contributed by atoms with Crippen molar-refractivity contribution in [2.45, 2.75) is 33.2 Å². The van der Waals surface area contributed by atoms with Gasteiger partial charge in [-0.25, -0.2) is 0 Å². The fraction of sp³-hybridized carbons (Fsp3) is 0.385. The van der Waals surface area contributed by atoms with Crippen LogP contribution in [-0.4, -0.2) is 17.5 Å². The monoisotopic (exact) mass is 203 g/mol. The Morgan fingerprint density at radius 2 is 1.87 bits per heavy atom. The van der Waals surface area contributed by atoms with E-state index < -0.39 is 0 Å². The van der Waals surface area contributed by atoms with Crippen LogP contribution in [-0.2, 0) is 0 Å². The van der Waals surface area contributed by atoms with Crippen molar-refractivity contribution in [1.29, 1.82) is 0 Å². The maximum absolute atomic E-state index is 11.8. The molecule has 0 saturated carbocycles. The molecule has 0 heterocycles. The number of hydrogen-bond donors (Lipinski definition) is 0. The van der Waals surface area contributed by atoms with Crippen molar-refractivity contribution < 1.29 is 4.79 Å². The van der Waals surface area contributed by atoms with Gasteiger partial charge in [-0.05, 0) is 20.8 Å². The Morgan fingerprint density at radius 3 is 2.40 bits per heavy atom. The first-order valence-corrected chi connectivity index (χ1v) is 5.21. The molecule has 0 aromatic heterocycles. The number of hydrogen-bond acceptors (Lipinski definition) is 2. The average molecular weight is 203 g/mol. The SMILES string of the molecule is CC(CC(=O)c1ccccc1)=NC(C)C. The first kappa shape index (κ1) is 11.6. The topological polar surface area (TPSA) is 29.4 Å². The van der Waals surface area contributed by atoms with Gasteiger partial charge < -0.3 is 0 Å². The summed E-state index contributed by atoms with van der Waals surface area (Å²) in [6.07, 6.45) is 0.419. The van der Waals surface area contributed by atoms with E-state index in [0.29, 0.717) is 6.42 Å². The fourth-order valence-corrected chi connectivity index (χ4v) is 1.44. The van der Waals surface area contributed by atoms with Crippen molar-refractivity contribution in [3.05, 3.63) is 35.9 Å². The van der Waals surface area contributed by atoms with E-state index >= 15 is 0 Å². The molecule has 0 N–H and O–H groups in total. The lowest BCUT2D eigenvalue weighted by Gasteiger charge is -2.02. The van der Waals surface area contributed by atoms with Gasteiger partial charge in [-0.15, -0.1) is 0 Å². The van der Waals surface area contributed by atoms with Gasteiger partial charge in [0.15, 0.2) is 5.78 Å². The van der Waals surface area contributed by atoms with Crippen molar-refractivity contribution >= 4 is 11.5 Å². The normalized spacial score (nSPS) is 11.9. The molecule has 15 heavy (non-hydrogen) atoms. The van der Waals surface area contributed by atoms with Crippen LogP contribution < -0.4 is 0 Å². The van der Waals surface area contributed by atoms with Crippen LogP contribution in [0.5, 0.6) is 0 Å². The van der Waals surface area contributed by atoms with E-state index in [0.717, 1.165) is 11.3 Å². The summed E-state index contributed by atoms with van der Waals surface area (Å²) in [4.78, 5) is 16.1. The molecule has 2 nitrogen and oxygen atoms in total. The Balaban J connectivity index is 2.65. The molecule has 0 aliphatic heterocycles. The third kappa shape index (κ3) is 4.07. The van der Waals surface area contributed by atoms with Gasteiger partial charge in [0.2, 0.25) is 0 Å². The standard InChI is InChI=1S/C13H17NO/c1-10(2)14-11(3)9-13(15)12-7-5-4-6-8-12/h4-8,10H,9H2,1-3H3. The smallest absolute Gasteiger partial charge is 0.168 e. The van der Waals surface area contributed by atoms with Crippen molar-refractivity contribution in [3.63, 3.8) is 0 Å². The summed E-state index contributed by atoms with van der Waals surface area (Å²) in [5.74, 6) is 0.137. The van der Waals surface area contributed by atoms with Gasteiger partial charge in [0.25, 0.3) is 0 Å². The summed E-state index contributed by atoms with van der Waals surface area (Å²) in [7, 11) is 0. The molecular formula is C13H17NO. The maximum atomic E-state index is 11.8. The van der Waals surface area contributed by atoms with Crippen molar-refractivity contribution in [3.8, 4) is 0 Å². The molecule has 0 spiro atoms. The quantitative estimate of drug-likeness (QED) is 0.546. The second-order valence-corrected chi connectivity index (χ2v) is 3.92. The van der Waals surface area contributed by atoms with Crippen LogP contribution in [0.15, 0.2) is 35.3 Å². The number of benzene rings is 1. The van der Waals surface area contributed by atoms with Gasteiger partial charge >= 0.3 is 0 Å². The first-order chi connectivity index (χ1) is 7.09. The van der Waals surface area contributed by atoms with Crippen LogP contribution in [0.1, 0.15) is 37.6 Å². The minimum absolute atomic E-state index is 0.137. The Bertz CT molecular complexity index is 352. The molecule has 0 aliphatic rings. The summed E-state index contributed by atoms with van der Waals surface area (Å²) in [6, 6.07) is 9.60. The van der Waals surface area contributed by atoms with Gasteiger partial charge in [0.05, 0.1) is 0 Å². The zero-order chi connectivity index (χ0) is 11.3. The van der Waals surface area contributed by atoms with Crippen LogP contribution in [0.4, 0.5) is 0 Å². The third-order valence-corrected chi connectivity index (χ3v) is 1.99. The minimum Gasteiger partial charge on any atom is -0.294 e. The Morgan fingerprint density at radius 1 is 1.27 bits per heavy atom. The van der Waals surface area contributed by atoms with E-state index in [4.69, 9.17) is 0 Å².